The molecule has 0 atom stereocenters. The Hall–Kier alpha value is -2.96. The van der Waals surface area contributed by atoms with Gasteiger partial charge < -0.3 is 5.32 Å². The molecule has 130 valence electrons. The second-order valence-electron chi connectivity index (χ2n) is 5.88. The molecule has 1 amide bonds. The Labute approximate surface area is 145 Å². The summed E-state index contributed by atoms with van der Waals surface area (Å²) >= 11 is 0. The molecule has 1 aromatic carbocycles. The minimum absolute atomic E-state index is 0.0804. The average molecular weight is 339 g/mol. The van der Waals surface area contributed by atoms with E-state index in [4.69, 9.17) is 0 Å². The zero-order valence-corrected chi connectivity index (χ0v) is 14.6. The van der Waals surface area contributed by atoms with E-state index in [1.165, 1.54) is 0 Å². The maximum Gasteiger partial charge on any atom is 0.273 e. The second kappa shape index (κ2) is 6.88. The van der Waals surface area contributed by atoms with Crippen molar-refractivity contribution in [1.82, 2.24) is 24.6 Å². The van der Waals surface area contributed by atoms with Crippen molar-refractivity contribution in [2.24, 2.45) is 7.05 Å². The molecule has 0 fully saturated rings. The quantitative estimate of drug-likeness (QED) is 0.764. The van der Waals surface area contributed by atoms with Crippen LogP contribution in [0.25, 0.3) is 16.9 Å². The van der Waals surface area contributed by atoms with Gasteiger partial charge in [0, 0.05) is 26.4 Å². The van der Waals surface area contributed by atoms with Crippen LogP contribution in [0, 0.1) is 6.92 Å². The van der Waals surface area contributed by atoms with Crippen LogP contribution in [0.4, 0.5) is 0 Å². The number of benzene rings is 1. The molecular weight excluding hydrogens is 318 g/mol. The molecule has 2 heterocycles. The zero-order valence-electron chi connectivity index (χ0n) is 14.6. The first-order chi connectivity index (χ1) is 12.0. The Morgan fingerprint density at radius 3 is 2.64 bits per heavy atom. The molecular formula is C18H21N5O2. The van der Waals surface area contributed by atoms with Gasteiger partial charge >= 0.3 is 0 Å². The number of aromatic nitrogens is 4. The number of para-hydroxylation sites is 1. The first kappa shape index (κ1) is 16.9. The fraction of sp³-hybridized carbons (Fsp3) is 0.333. The highest BCUT2D eigenvalue weighted by Crippen LogP contribution is 2.19. The van der Waals surface area contributed by atoms with Crippen LogP contribution >= 0.6 is 0 Å². The van der Waals surface area contributed by atoms with Crippen molar-refractivity contribution < 1.29 is 4.79 Å². The summed E-state index contributed by atoms with van der Waals surface area (Å²) in [6.07, 6.45) is 0.553. The number of nitrogens with one attached hydrogen (secondary N) is 1. The summed E-state index contributed by atoms with van der Waals surface area (Å²) in [5.74, 6) is -0.0804. The predicted molar refractivity (Wildman–Crippen MR) is 95.8 cm³/mol. The molecule has 3 rings (SSSR count). The van der Waals surface area contributed by atoms with Crippen molar-refractivity contribution in [2.75, 3.05) is 6.54 Å². The minimum atomic E-state index is -0.200. The summed E-state index contributed by atoms with van der Waals surface area (Å²) in [5.41, 5.74) is 3.12. The molecule has 0 spiro atoms. The number of rotatable bonds is 5. The minimum Gasteiger partial charge on any atom is -0.356 e. The Morgan fingerprint density at radius 2 is 1.96 bits per heavy atom. The van der Waals surface area contributed by atoms with Crippen LogP contribution in [0.5, 0.6) is 0 Å². The molecule has 0 aliphatic rings. The van der Waals surface area contributed by atoms with Crippen LogP contribution in [0.2, 0.25) is 0 Å². The van der Waals surface area contributed by atoms with Crippen molar-refractivity contribution in [3.05, 3.63) is 52.1 Å². The predicted octanol–water partition coefficient (Wildman–Crippen LogP) is 1.50. The molecule has 7 nitrogen and oxygen atoms in total. The summed E-state index contributed by atoms with van der Waals surface area (Å²) in [6, 6.07) is 9.63. The smallest absolute Gasteiger partial charge is 0.273 e. The summed E-state index contributed by atoms with van der Waals surface area (Å²) < 4.78 is 3.29. The Balaban J connectivity index is 2.08. The average Bonchev–Trinajstić information content (AvgIpc) is 2.94. The molecule has 0 saturated heterocycles. The van der Waals surface area contributed by atoms with E-state index in [-0.39, 0.29) is 17.9 Å². The van der Waals surface area contributed by atoms with Crippen molar-refractivity contribution >= 4 is 17.1 Å². The van der Waals surface area contributed by atoms with Crippen molar-refractivity contribution in [2.45, 2.75) is 26.7 Å². The summed E-state index contributed by atoms with van der Waals surface area (Å²) in [6.45, 7) is 4.31. The number of nitrogens with zero attached hydrogens (tertiary/aromatic N) is 4. The molecule has 0 aliphatic heterocycles. The fourth-order valence-corrected chi connectivity index (χ4v) is 2.84. The maximum absolute atomic E-state index is 12.7. The lowest BCUT2D eigenvalue weighted by Gasteiger charge is -2.08. The van der Waals surface area contributed by atoms with E-state index >= 15 is 0 Å². The monoisotopic (exact) mass is 339 g/mol. The number of amides is 1. The second-order valence-corrected chi connectivity index (χ2v) is 5.88. The molecule has 0 aliphatic carbocycles. The van der Waals surface area contributed by atoms with E-state index in [1.807, 2.05) is 44.2 Å². The number of hydrogen-bond donors (Lipinski definition) is 1. The van der Waals surface area contributed by atoms with Gasteiger partial charge in [0.05, 0.1) is 11.4 Å². The lowest BCUT2D eigenvalue weighted by molar-refractivity contribution is -0.120. The van der Waals surface area contributed by atoms with E-state index in [2.05, 4.69) is 15.4 Å². The summed E-state index contributed by atoms with van der Waals surface area (Å²) in [5, 5.41) is 7.27. The van der Waals surface area contributed by atoms with Gasteiger partial charge in [-0.1, -0.05) is 18.2 Å². The number of carbonyl (C=O) groups excluding carboxylic acids is 1. The Kier molecular flexibility index (Phi) is 4.65. The van der Waals surface area contributed by atoms with E-state index in [1.54, 1.807) is 16.3 Å². The molecule has 3 aromatic rings. The van der Waals surface area contributed by atoms with Gasteiger partial charge in [-0.2, -0.15) is 5.10 Å². The lowest BCUT2D eigenvalue weighted by Crippen LogP contribution is -2.27. The first-order valence-electron chi connectivity index (χ1n) is 8.30. The van der Waals surface area contributed by atoms with Gasteiger partial charge in [-0.05, 0) is 26.0 Å². The highest BCUT2D eigenvalue weighted by Gasteiger charge is 2.17. The largest absolute Gasteiger partial charge is 0.356 e. The molecule has 0 unspecified atom stereocenters. The molecule has 25 heavy (non-hydrogen) atoms. The van der Waals surface area contributed by atoms with E-state index in [0.717, 1.165) is 11.4 Å². The number of aryl methyl sites for hydroxylation is 3. The molecule has 0 bridgehead atoms. The van der Waals surface area contributed by atoms with Crippen molar-refractivity contribution in [3.63, 3.8) is 0 Å². The van der Waals surface area contributed by atoms with Crippen LogP contribution < -0.4 is 10.9 Å². The van der Waals surface area contributed by atoms with Crippen LogP contribution in [-0.4, -0.2) is 31.8 Å². The van der Waals surface area contributed by atoms with Crippen molar-refractivity contribution in [3.8, 4) is 5.69 Å². The molecule has 0 saturated carbocycles. The van der Waals surface area contributed by atoms with Gasteiger partial charge in [-0.15, -0.1) is 0 Å². The fourth-order valence-electron chi connectivity index (χ4n) is 2.84. The summed E-state index contributed by atoms with van der Waals surface area (Å²) in [4.78, 5) is 28.9. The topological polar surface area (TPSA) is 81.8 Å². The normalized spacial score (nSPS) is 11.0. The first-order valence-corrected chi connectivity index (χ1v) is 8.30. The van der Waals surface area contributed by atoms with Crippen LogP contribution in [0.15, 0.2) is 35.1 Å². The van der Waals surface area contributed by atoms with Crippen molar-refractivity contribution in [1.29, 1.82) is 0 Å². The summed E-state index contributed by atoms with van der Waals surface area (Å²) in [7, 11) is 1.71. The zero-order chi connectivity index (χ0) is 18.0. The van der Waals surface area contributed by atoms with Crippen LogP contribution in [-0.2, 0) is 18.3 Å². The van der Waals surface area contributed by atoms with Gasteiger partial charge in [-0.3, -0.25) is 14.2 Å². The molecule has 0 radical (unpaired) electrons. The standard InChI is InChI=1S/C18H21N5O2/c1-4-19-15(24)11-10-14-18(25)22(3)17-16(20-14)12(2)21-23(17)13-8-6-5-7-9-13/h5-9H,4,10-11H2,1-3H3,(H,19,24). The van der Waals surface area contributed by atoms with Gasteiger partial charge in [0.2, 0.25) is 5.91 Å². The van der Waals surface area contributed by atoms with Crippen LogP contribution in [0.3, 0.4) is 0 Å². The number of fused-ring (bicyclic) bond motifs is 1. The third-order valence-corrected chi connectivity index (χ3v) is 4.08. The van der Waals surface area contributed by atoms with Gasteiger partial charge in [0.15, 0.2) is 5.65 Å². The van der Waals surface area contributed by atoms with E-state index in [0.29, 0.717) is 29.8 Å². The van der Waals surface area contributed by atoms with Gasteiger partial charge in [0.1, 0.15) is 11.2 Å². The lowest BCUT2D eigenvalue weighted by atomic mass is 10.2. The van der Waals surface area contributed by atoms with Gasteiger partial charge in [0.25, 0.3) is 5.56 Å². The molecule has 2 aromatic heterocycles. The highest BCUT2D eigenvalue weighted by atomic mass is 16.1. The third kappa shape index (κ3) is 3.17. The number of carbonyl (C=O) groups is 1. The van der Waals surface area contributed by atoms with E-state index in [9.17, 15) is 9.59 Å². The Morgan fingerprint density at radius 1 is 1.24 bits per heavy atom. The Bertz CT molecular complexity index is 973. The SMILES string of the molecule is CCNC(=O)CCc1nc2c(C)nn(-c3ccccc3)c2n(C)c1=O. The number of hydrogen-bond acceptors (Lipinski definition) is 4. The van der Waals surface area contributed by atoms with E-state index < -0.39 is 0 Å². The highest BCUT2D eigenvalue weighted by molar-refractivity contribution is 5.77. The molecule has 1 N–H and O–H groups in total. The van der Waals surface area contributed by atoms with Crippen LogP contribution in [0.1, 0.15) is 24.7 Å². The molecule has 7 heteroatoms. The third-order valence-electron chi connectivity index (χ3n) is 4.08. The maximum atomic E-state index is 12.7. The van der Waals surface area contributed by atoms with Gasteiger partial charge in [-0.25, -0.2) is 9.67 Å².